The minimum absolute atomic E-state index is 0.0516. The molecular weight excluding hydrogens is 224 g/mol. The quantitative estimate of drug-likeness (QED) is 0.615. The first-order valence-electron chi connectivity index (χ1n) is 7.88. The number of ether oxygens (including phenoxy) is 2. The third-order valence-electron chi connectivity index (χ3n) is 3.46. The lowest BCUT2D eigenvalue weighted by Crippen LogP contribution is -2.21. The fourth-order valence-corrected chi connectivity index (χ4v) is 2.30. The van der Waals surface area contributed by atoms with E-state index >= 15 is 0 Å². The van der Waals surface area contributed by atoms with Gasteiger partial charge in [-0.3, -0.25) is 0 Å². The molecule has 0 spiro atoms. The maximum Gasteiger partial charge on any atom is 0.163 e. The van der Waals surface area contributed by atoms with Crippen LogP contribution < -0.4 is 0 Å². The normalized spacial score (nSPS) is 31.5. The summed E-state index contributed by atoms with van der Waals surface area (Å²) in [4.78, 5) is 0. The molecule has 1 heterocycles. The smallest absolute Gasteiger partial charge is 0.163 e. The largest absolute Gasteiger partial charge is 0.345 e. The van der Waals surface area contributed by atoms with Crippen LogP contribution in [0.5, 0.6) is 0 Å². The van der Waals surface area contributed by atoms with E-state index in [1.807, 2.05) is 20.8 Å². The molecule has 0 aromatic rings. The van der Waals surface area contributed by atoms with Crippen molar-refractivity contribution in [2.24, 2.45) is 5.92 Å². The van der Waals surface area contributed by atoms with Crippen LogP contribution >= 0.6 is 0 Å². The molecule has 1 fully saturated rings. The van der Waals surface area contributed by atoms with E-state index in [9.17, 15) is 0 Å². The topological polar surface area (TPSA) is 18.5 Å². The van der Waals surface area contributed by atoms with Gasteiger partial charge >= 0.3 is 0 Å². The molecule has 1 unspecified atom stereocenters. The Bertz CT molecular complexity index is 286. The van der Waals surface area contributed by atoms with E-state index in [4.69, 9.17) is 10.8 Å². The summed E-state index contributed by atoms with van der Waals surface area (Å²) in [7, 11) is 0. The number of hydrogen-bond donors (Lipinski definition) is 0. The van der Waals surface area contributed by atoms with E-state index < -0.39 is 5.79 Å². The maximum absolute atomic E-state index is 7.66. The van der Waals surface area contributed by atoms with Crippen molar-refractivity contribution in [3.05, 3.63) is 12.2 Å². The monoisotopic (exact) mass is 256 g/mol. The van der Waals surface area contributed by atoms with Crippen LogP contribution in [0.25, 0.3) is 0 Å². The van der Waals surface area contributed by atoms with E-state index in [-0.39, 0.29) is 18.6 Å². The van der Waals surface area contributed by atoms with Crippen LogP contribution in [0.2, 0.25) is 0 Å². The van der Waals surface area contributed by atoms with Gasteiger partial charge in [0.15, 0.2) is 5.79 Å². The highest BCUT2D eigenvalue weighted by molar-refractivity contribution is 4.92. The highest BCUT2D eigenvalue weighted by Crippen LogP contribution is 2.32. The van der Waals surface area contributed by atoms with Gasteiger partial charge in [0.05, 0.1) is 12.2 Å². The fraction of sp³-hybridized carbons (Fsp3) is 0.875. The molecule has 106 valence electrons. The zero-order chi connectivity index (χ0) is 14.5. The molecule has 2 nitrogen and oxygen atoms in total. The minimum Gasteiger partial charge on any atom is -0.345 e. The molecule has 0 radical (unpaired) electrons. The number of allylic oxidation sites excluding steroid dienone is 1. The van der Waals surface area contributed by atoms with Crippen molar-refractivity contribution in [3.63, 3.8) is 0 Å². The van der Waals surface area contributed by atoms with Gasteiger partial charge in [0, 0.05) is 1.37 Å². The van der Waals surface area contributed by atoms with Crippen molar-refractivity contribution in [2.75, 3.05) is 0 Å². The van der Waals surface area contributed by atoms with Gasteiger partial charge in [-0.15, -0.1) is 0 Å². The van der Waals surface area contributed by atoms with Gasteiger partial charge in [-0.05, 0) is 32.6 Å². The Hall–Kier alpha value is -0.340. The molecule has 0 saturated carbocycles. The van der Waals surface area contributed by atoms with Crippen molar-refractivity contribution in [1.29, 1.82) is 0 Å². The van der Waals surface area contributed by atoms with Crippen molar-refractivity contribution >= 4 is 0 Å². The molecule has 1 rings (SSSR count). The van der Waals surface area contributed by atoms with Gasteiger partial charge in [0.2, 0.25) is 0 Å². The van der Waals surface area contributed by atoms with Crippen LogP contribution in [0.4, 0.5) is 0 Å². The lowest BCUT2D eigenvalue weighted by Gasteiger charge is -2.16. The van der Waals surface area contributed by atoms with Crippen molar-refractivity contribution in [2.45, 2.75) is 84.7 Å². The Labute approximate surface area is 114 Å². The summed E-state index contributed by atoms with van der Waals surface area (Å²) in [5.41, 5.74) is 0. The molecule has 0 aliphatic carbocycles. The Balaban J connectivity index is 2.49. The van der Waals surface area contributed by atoms with Gasteiger partial charge in [0.1, 0.15) is 0 Å². The molecular formula is C16H30O2. The fourth-order valence-electron chi connectivity index (χ4n) is 2.30. The van der Waals surface area contributed by atoms with Gasteiger partial charge in [0.25, 0.3) is 0 Å². The highest BCUT2D eigenvalue weighted by Gasteiger charge is 2.39. The van der Waals surface area contributed by atoms with Crippen molar-refractivity contribution in [1.82, 2.24) is 0 Å². The molecule has 1 aliphatic heterocycles. The summed E-state index contributed by atoms with van der Waals surface area (Å²) < 4.78 is 19.6. The van der Waals surface area contributed by atoms with Crippen LogP contribution in [-0.2, 0) is 9.47 Å². The third kappa shape index (κ3) is 5.11. The van der Waals surface area contributed by atoms with Crippen LogP contribution in [0.1, 0.15) is 68.1 Å². The third-order valence-corrected chi connectivity index (χ3v) is 3.46. The summed E-state index contributed by atoms with van der Waals surface area (Å²) in [5.74, 6) is -0.157. The predicted molar refractivity (Wildman–Crippen MR) is 76.6 cm³/mol. The number of unbranched alkanes of at least 4 members (excludes halogenated alkanes) is 1. The van der Waals surface area contributed by atoms with Crippen LogP contribution in [-0.4, -0.2) is 18.0 Å². The standard InChI is InChI=1S/C16H30O2/c1-6-8-11-14-15(18-16(4,5)17-14)12-9-10-13(3)7-2/h9-10,13-15H,6-8,11-12H2,1-5H3/b10-9-/t13-,14-,15+/m0/s1/i7T/t7?,13-,14-,15+. The van der Waals surface area contributed by atoms with E-state index in [1.165, 1.54) is 12.8 Å². The first-order valence-corrected chi connectivity index (χ1v) is 7.30. The number of hydrogen-bond acceptors (Lipinski definition) is 2. The molecule has 2 heteroatoms. The average Bonchev–Trinajstić information content (AvgIpc) is 2.61. The molecule has 1 aliphatic rings. The Morgan fingerprint density at radius 2 is 1.94 bits per heavy atom. The summed E-state index contributed by atoms with van der Waals surface area (Å²) in [5, 5.41) is 0. The van der Waals surface area contributed by atoms with Gasteiger partial charge in [-0.25, -0.2) is 0 Å². The summed E-state index contributed by atoms with van der Waals surface area (Å²) >= 11 is 0. The van der Waals surface area contributed by atoms with Gasteiger partial charge < -0.3 is 9.47 Å². The van der Waals surface area contributed by atoms with Gasteiger partial charge in [-0.1, -0.05) is 52.2 Å². The van der Waals surface area contributed by atoms with Crippen molar-refractivity contribution < 1.29 is 10.8 Å². The lowest BCUT2D eigenvalue weighted by atomic mass is 10.0. The van der Waals surface area contributed by atoms with E-state index in [0.29, 0.717) is 5.92 Å². The summed E-state index contributed by atoms with van der Waals surface area (Å²) in [6, 6.07) is 0. The molecule has 0 bridgehead atoms. The molecule has 0 aromatic carbocycles. The first kappa shape index (κ1) is 14.1. The minimum atomic E-state index is -0.453. The van der Waals surface area contributed by atoms with Crippen molar-refractivity contribution in [3.8, 4) is 0 Å². The SMILES string of the molecule is [3H]C(C)[C@H](C)/C=C\C[C@H]1OC(C)(C)O[C@H]1CCCC. The van der Waals surface area contributed by atoms with Crippen LogP contribution in [0.3, 0.4) is 0 Å². The Morgan fingerprint density at radius 3 is 2.56 bits per heavy atom. The Kier molecular flexibility index (Phi) is 5.71. The molecule has 0 aromatic heterocycles. The molecule has 18 heavy (non-hydrogen) atoms. The maximum atomic E-state index is 7.66. The zero-order valence-corrected chi connectivity index (χ0v) is 12.6. The first-order chi connectivity index (χ1) is 8.85. The van der Waals surface area contributed by atoms with E-state index in [2.05, 4.69) is 26.0 Å². The van der Waals surface area contributed by atoms with E-state index in [1.54, 1.807) is 0 Å². The predicted octanol–water partition coefficient (Wildman–Crippen LogP) is 4.69. The Morgan fingerprint density at radius 1 is 1.28 bits per heavy atom. The van der Waals surface area contributed by atoms with Crippen LogP contribution in [0.15, 0.2) is 12.2 Å². The van der Waals surface area contributed by atoms with Gasteiger partial charge in [-0.2, -0.15) is 0 Å². The molecule has 0 N–H and O–H groups in total. The molecule has 4 atom stereocenters. The highest BCUT2D eigenvalue weighted by atomic mass is 16.7. The zero-order valence-electron chi connectivity index (χ0n) is 13.6. The van der Waals surface area contributed by atoms with Crippen LogP contribution in [0, 0.1) is 5.92 Å². The summed E-state index contributed by atoms with van der Waals surface area (Å²) in [6.45, 7) is 10.2. The van der Waals surface area contributed by atoms with E-state index in [0.717, 1.165) is 12.8 Å². The summed E-state index contributed by atoms with van der Waals surface area (Å²) in [6.07, 6.45) is 8.94. The second kappa shape index (κ2) is 7.30. The number of rotatable bonds is 7. The average molecular weight is 256 g/mol. The molecule has 0 amide bonds. The lowest BCUT2D eigenvalue weighted by molar-refractivity contribution is -0.146. The second-order valence-electron chi connectivity index (χ2n) is 5.71. The second-order valence-corrected chi connectivity index (χ2v) is 5.71. The molecule has 1 saturated heterocycles.